The molecule has 114 valence electrons. The van der Waals surface area contributed by atoms with Gasteiger partial charge in [-0.3, -0.25) is 16.0 Å². The molecule has 2 aromatic rings. The van der Waals surface area contributed by atoms with Crippen molar-refractivity contribution in [3.8, 4) is 5.75 Å². The summed E-state index contributed by atoms with van der Waals surface area (Å²) in [5, 5.41) is 4.48. The highest BCUT2D eigenvalue weighted by molar-refractivity contribution is 9.10. The van der Waals surface area contributed by atoms with Crippen LogP contribution in [0.3, 0.4) is 0 Å². The predicted octanol–water partition coefficient (Wildman–Crippen LogP) is 2.50. The minimum atomic E-state index is 0.0112. The monoisotopic (exact) mass is 352 g/mol. The van der Waals surface area contributed by atoms with E-state index in [-0.39, 0.29) is 6.04 Å². The first-order chi connectivity index (χ1) is 10.1. The van der Waals surface area contributed by atoms with Crippen LogP contribution in [0.4, 0.5) is 0 Å². The Kier molecular flexibility index (Phi) is 5.39. The molecule has 0 radical (unpaired) electrons. The minimum absolute atomic E-state index is 0.0112. The smallest absolute Gasteiger partial charge is 0.119 e. The first kappa shape index (κ1) is 16.0. The van der Waals surface area contributed by atoms with E-state index in [4.69, 9.17) is 10.6 Å². The third-order valence-corrected chi connectivity index (χ3v) is 4.30. The summed E-state index contributed by atoms with van der Waals surface area (Å²) in [6, 6.07) is 5.96. The van der Waals surface area contributed by atoms with Crippen molar-refractivity contribution in [1.29, 1.82) is 0 Å². The molecule has 0 saturated heterocycles. The standard InChI is InChI=1S/C15H21BrN4O/c1-4-14-12(9-20(2)19-14)15(18-17)8-10-7-11(21-3)5-6-13(10)16/h5-7,9,15,18H,4,8,17H2,1-3H3. The van der Waals surface area contributed by atoms with Gasteiger partial charge in [0.2, 0.25) is 0 Å². The van der Waals surface area contributed by atoms with Gasteiger partial charge in [-0.05, 0) is 36.6 Å². The Morgan fingerprint density at radius 1 is 1.48 bits per heavy atom. The molecular weight excluding hydrogens is 332 g/mol. The summed E-state index contributed by atoms with van der Waals surface area (Å²) in [6.45, 7) is 2.10. The van der Waals surface area contributed by atoms with Crippen LogP contribution in [-0.2, 0) is 19.9 Å². The molecule has 3 N–H and O–H groups in total. The number of benzene rings is 1. The molecule has 0 bridgehead atoms. The lowest BCUT2D eigenvalue weighted by Crippen LogP contribution is -2.30. The van der Waals surface area contributed by atoms with E-state index in [1.807, 2.05) is 36.1 Å². The normalized spacial score (nSPS) is 12.4. The van der Waals surface area contributed by atoms with Gasteiger partial charge in [0.1, 0.15) is 5.75 Å². The second kappa shape index (κ2) is 7.06. The number of aryl methyl sites for hydroxylation is 2. The van der Waals surface area contributed by atoms with Crippen LogP contribution in [0.5, 0.6) is 5.75 Å². The van der Waals surface area contributed by atoms with Gasteiger partial charge >= 0.3 is 0 Å². The second-order valence-electron chi connectivity index (χ2n) is 4.94. The molecule has 0 amide bonds. The number of hydrazine groups is 1. The van der Waals surface area contributed by atoms with Crippen LogP contribution in [0.25, 0.3) is 0 Å². The number of nitrogens with zero attached hydrogens (tertiary/aromatic N) is 2. The fraction of sp³-hybridized carbons (Fsp3) is 0.400. The van der Waals surface area contributed by atoms with E-state index in [9.17, 15) is 0 Å². The van der Waals surface area contributed by atoms with Crippen LogP contribution in [0.2, 0.25) is 0 Å². The lowest BCUT2D eigenvalue weighted by molar-refractivity contribution is 0.413. The van der Waals surface area contributed by atoms with Crippen LogP contribution in [0, 0.1) is 0 Å². The van der Waals surface area contributed by atoms with Gasteiger partial charge in [0.05, 0.1) is 18.8 Å². The van der Waals surface area contributed by atoms with Gasteiger partial charge in [0.25, 0.3) is 0 Å². The summed E-state index contributed by atoms with van der Waals surface area (Å²) < 4.78 is 8.17. The van der Waals surface area contributed by atoms with E-state index in [1.54, 1.807) is 7.11 Å². The summed E-state index contributed by atoms with van der Waals surface area (Å²) in [5.74, 6) is 6.61. The maximum Gasteiger partial charge on any atom is 0.119 e. The topological polar surface area (TPSA) is 65.1 Å². The SMILES string of the molecule is CCc1nn(C)cc1C(Cc1cc(OC)ccc1Br)NN. The molecule has 2 rings (SSSR count). The molecule has 0 aliphatic heterocycles. The Bertz CT molecular complexity index is 612. The number of halogens is 1. The van der Waals surface area contributed by atoms with Gasteiger partial charge in [-0.1, -0.05) is 22.9 Å². The second-order valence-corrected chi connectivity index (χ2v) is 5.79. The molecule has 1 unspecified atom stereocenters. The van der Waals surface area contributed by atoms with Crippen LogP contribution >= 0.6 is 15.9 Å². The Morgan fingerprint density at radius 3 is 2.86 bits per heavy atom. The van der Waals surface area contributed by atoms with Gasteiger partial charge < -0.3 is 4.74 Å². The fourth-order valence-electron chi connectivity index (χ4n) is 2.43. The summed E-state index contributed by atoms with van der Waals surface area (Å²) >= 11 is 3.59. The Balaban J connectivity index is 2.30. The highest BCUT2D eigenvalue weighted by atomic mass is 79.9. The lowest BCUT2D eigenvalue weighted by Gasteiger charge is -2.17. The van der Waals surface area contributed by atoms with Crippen molar-refractivity contribution >= 4 is 15.9 Å². The molecule has 1 heterocycles. The molecule has 0 aliphatic rings. The van der Waals surface area contributed by atoms with Gasteiger partial charge in [0, 0.05) is 23.3 Å². The van der Waals surface area contributed by atoms with Crippen molar-refractivity contribution in [2.75, 3.05) is 7.11 Å². The van der Waals surface area contributed by atoms with Gasteiger partial charge in [0.15, 0.2) is 0 Å². The average molecular weight is 353 g/mol. The number of ether oxygens (including phenoxy) is 1. The molecule has 1 atom stereocenters. The molecule has 21 heavy (non-hydrogen) atoms. The molecule has 5 nitrogen and oxygen atoms in total. The number of nitrogens with two attached hydrogens (primary N) is 1. The van der Waals surface area contributed by atoms with Crippen molar-refractivity contribution in [3.63, 3.8) is 0 Å². The first-order valence-electron chi connectivity index (χ1n) is 6.90. The van der Waals surface area contributed by atoms with Gasteiger partial charge in [-0.15, -0.1) is 0 Å². The zero-order chi connectivity index (χ0) is 15.4. The highest BCUT2D eigenvalue weighted by Crippen LogP contribution is 2.28. The summed E-state index contributed by atoms with van der Waals surface area (Å²) in [4.78, 5) is 0. The van der Waals surface area contributed by atoms with Gasteiger partial charge in [-0.25, -0.2) is 0 Å². The molecule has 0 saturated carbocycles. The first-order valence-corrected chi connectivity index (χ1v) is 7.69. The zero-order valence-electron chi connectivity index (χ0n) is 12.6. The maximum absolute atomic E-state index is 5.77. The van der Waals surface area contributed by atoms with Crippen molar-refractivity contribution in [2.24, 2.45) is 12.9 Å². The van der Waals surface area contributed by atoms with E-state index in [0.29, 0.717) is 0 Å². The lowest BCUT2D eigenvalue weighted by atomic mass is 9.99. The largest absolute Gasteiger partial charge is 0.497 e. The average Bonchev–Trinajstić information content (AvgIpc) is 2.87. The van der Waals surface area contributed by atoms with E-state index >= 15 is 0 Å². The van der Waals surface area contributed by atoms with Crippen molar-refractivity contribution < 1.29 is 4.74 Å². The highest BCUT2D eigenvalue weighted by Gasteiger charge is 2.18. The maximum atomic E-state index is 5.77. The van der Waals surface area contributed by atoms with E-state index in [0.717, 1.165) is 39.9 Å². The fourth-order valence-corrected chi connectivity index (χ4v) is 2.84. The van der Waals surface area contributed by atoms with Crippen molar-refractivity contribution in [2.45, 2.75) is 25.8 Å². The van der Waals surface area contributed by atoms with Gasteiger partial charge in [-0.2, -0.15) is 5.10 Å². The van der Waals surface area contributed by atoms with Crippen molar-refractivity contribution in [3.05, 3.63) is 45.7 Å². The van der Waals surface area contributed by atoms with E-state index in [2.05, 4.69) is 33.4 Å². The number of rotatable bonds is 6. The summed E-state index contributed by atoms with van der Waals surface area (Å²) in [6.07, 6.45) is 3.66. The number of hydrogen-bond donors (Lipinski definition) is 2. The molecule has 0 aliphatic carbocycles. The number of nitrogens with one attached hydrogen (secondary N) is 1. The van der Waals surface area contributed by atoms with Crippen LogP contribution in [-0.4, -0.2) is 16.9 Å². The van der Waals surface area contributed by atoms with Crippen molar-refractivity contribution in [1.82, 2.24) is 15.2 Å². The third-order valence-electron chi connectivity index (χ3n) is 3.53. The van der Waals surface area contributed by atoms with Crippen LogP contribution in [0.15, 0.2) is 28.9 Å². The predicted molar refractivity (Wildman–Crippen MR) is 87.0 cm³/mol. The molecule has 6 heteroatoms. The Labute approximate surface area is 133 Å². The number of hydrogen-bond acceptors (Lipinski definition) is 4. The molecule has 0 fully saturated rings. The van der Waals surface area contributed by atoms with Crippen LogP contribution < -0.4 is 16.0 Å². The number of methoxy groups -OCH3 is 1. The minimum Gasteiger partial charge on any atom is -0.497 e. The molecule has 1 aromatic heterocycles. The quantitative estimate of drug-likeness (QED) is 0.619. The molecule has 0 spiro atoms. The number of aromatic nitrogens is 2. The van der Waals surface area contributed by atoms with Crippen LogP contribution in [0.1, 0.15) is 29.8 Å². The molecular formula is C15H21BrN4O. The summed E-state index contributed by atoms with van der Waals surface area (Å²) in [7, 11) is 3.60. The van der Waals surface area contributed by atoms with E-state index < -0.39 is 0 Å². The summed E-state index contributed by atoms with van der Waals surface area (Å²) in [5.41, 5.74) is 6.25. The van der Waals surface area contributed by atoms with E-state index in [1.165, 1.54) is 0 Å². The third kappa shape index (κ3) is 3.64. The zero-order valence-corrected chi connectivity index (χ0v) is 14.1. The molecule has 1 aromatic carbocycles. The Morgan fingerprint density at radius 2 is 2.24 bits per heavy atom. The Hall–Kier alpha value is -1.37.